The summed E-state index contributed by atoms with van der Waals surface area (Å²) in [7, 11) is 1.95. The first-order valence-corrected chi connectivity index (χ1v) is 7.31. The Kier molecular flexibility index (Phi) is 3.56. The molecule has 116 valence electrons. The molecule has 0 amide bonds. The first-order valence-electron chi connectivity index (χ1n) is 7.31. The van der Waals surface area contributed by atoms with Gasteiger partial charge in [0.15, 0.2) is 5.69 Å². The fourth-order valence-electron chi connectivity index (χ4n) is 3.19. The Morgan fingerprint density at radius 2 is 2.09 bits per heavy atom. The summed E-state index contributed by atoms with van der Waals surface area (Å²) in [4.78, 5) is 21.3. The summed E-state index contributed by atoms with van der Waals surface area (Å²) in [5.74, 6) is -0.342. The van der Waals surface area contributed by atoms with Crippen LogP contribution in [0.1, 0.15) is 46.3 Å². The summed E-state index contributed by atoms with van der Waals surface area (Å²) in [5.41, 5.74) is 3.40. The monoisotopic (exact) mass is 301 g/mol. The van der Waals surface area contributed by atoms with E-state index in [2.05, 4.69) is 26.9 Å². The molecule has 0 bridgehead atoms. The van der Waals surface area contributed by atoms with Gasteiger partial charge < -0.3 is 10.0 Å². The van der Waals surface area contributed by atoms with Gasteiger partial charge in [0.25, 0.3) is 0 Å². The third-order valence-electron chi connectivity index (χ3n) is 4.30. The maximum atomic E-state index is 10.9. The smallest absolute Gasteiger partial charge is 0.356 e. The van der Waals surface area contributed by atoms with Crippen LogP contribution in [0.25, 0.3) is 0 Å². The Morgan fingerprint density at radius 3 is 2.64 bits per heavy atom. The van der Waals surface area contributed by atoms with Crippen molar-refractivity contribution in [1.82, 2.24) is 19.7 Å². The van der Waals surface area contributed by atoms with E-state index in [1.807, 2.05) is 18.7 Å². The van der Waals surface area contributed by atoms with E-state index in [9.17, 15) is 4.79 Å². The predicted octanol–water partition coefficient (Wildman–Crippen LogP) is 1.87. The van der Waals surface area contributed by atoms with Crippen LogP contribution in [0.3, 0.4) is 0 Å². The predicted molar refractivity (Wildman–Crippen MR) is 81.0 cm³/mol. The number of carbonyl (C=O) groups is 1. The molecule has 0 aliphatic carbocycles. The molecule has 0 saturated carbocycles. The standard InChI is InChI=1S/C15H19N5O2/c1-9-14(10(2)19(3)18-9)12-5-4-6-20(12)13-8-16-11(7-17-13)15(21)22/h7-8,12H,4-6H2,1-3H3,(H,21,22). The maximum Gasteiger partial charge on any atom is 0.356 e. The van der Waals surface area contributed by atoms with Crippen molar-refractivity contribution in [3.8, 4) is 0 Å². The van der Waals surface area contributed by atoms with Crippen LogP contribution in [-0.4, -0.2) is 37.4 Å². The van der Waals surface area contributed by atoms with Gasteiger partial charge in [-0.25, -0.2) is 14.8 Å². The van der Waals surface area contributed by atoms with Gasteiger partial charge in [-0.2, -0.15) is 5.10 Å². The fraction of sp³-hybridized carbons (Fsp3) is 0.467. The molecule has 1 saturated heterocycles. The van der Waals surface area contributed by atoms with E-state index in [4.69, 9.17) is 5.11 Å². The van der Waals surface area contributed by atoms with Gasteiger partial charge >= 0.3 is 5.97 Å². The second-order valence-corrected chi connectivity index (χ2v) is 5.62. The zero-order valence-electron chi connectivity index (χ0n) is 12.9. The van der Waals surface area contributed by atoms with Crippen molar-refractivity contribution in [2.45, 2.75) is 32.7 Å². The highest BCUT2D eigenvalue weighted by Crippen LogP contribution is 2.37. The largest absolute Gasteiger partial charge is 0.476 e. The van der Waals surface area contributed by atoms with E-state index in [0.29, 0.717) is 0 Å². The highest BCUT2D eigenvalue weighted by Gasteiger charge is 2.31. The molecule has 7 nitrogen and oxygen atoms in total. The molecule has 0 aromatic carbocycles. The first kappa shape index (κ1) is 14.5. The second-order valence-electron chi connectivity index (χ2n) is 5.62. The third kappa shape index (κ3) is 2.32. The van der Waals surface area contributed by atoms with Gasteiger partial charge in [-0.15, -0.1) is 0 Å². The van der Waals surface area contributed by atoms with Gasteiger partial charge in [0.05, 0.1) is 24.1 Å². The van der Waals surface area contributed by atoms with E-state index >= 15 is 0 Å². The van der Waals surface area contributed by atoms with Crippen LogP contribution in [0, 0.1) is 13.8 Å². The van der Waals surface area contributed by atoms with Gasteiger partial charge in [0, 0.05) is 24.8 Å². The molecule has 1 unspecified atom stereocenters. The number of aryl methyl sites for hydroxylation is 2. The Morgan fingerprint density at radius 1 is 1.32 bits per heavy atom. The lowest BCUT2D eigenvalue weighted by Gasteiger charge is -2.26. The van der Waals surface area contributed by atoms with E-state index < -0.39 is 5.97 Å². The first-order chi connectivity index (χ1) is 10.5. The van der Waals surface area contributed by atoms with Crippen molar-refractivity contribution < 1.29 is 9.90 Å². The molecule has 0 spiro atoms. The summed E-state index contributed by atoms with van der Waals surface area (Å²) in [6, 6.07) is 0.221. The van der Waals surface area contributed by atoms with Crippen molar-refractivity contribution in [2.24, 2.45) is 7.05 Å². The fourth-order valence-corrected chi connectivity index (χ4v) is 3.19. The van der Waals surface area contributed by atoms with Crippen LogP contribution < -0.4 is 4.90 Å². The van der Waals surface area contributed by atoms with Gasteiger partial charge in [0.1, 0.15) is 5.82 Å². The summed E-state index contributed by atoms with van der Waals surface area (Å²) < 4.78 is 1.90. The summed E-state index contributed by atoms with van der Waals surface area (Å²) >= 11 is 0. The van der Waals surface area contributed by atoms with Crippen LogP contribution >= 0.6 is 0 Å². The quantitative estimate of drug-likeness (QED) is 0.931. The maximum absolute atomic E-state index is 10.9. The molecule has 2 aromatic rings. The molecule has 1 N–H and O–H groups in total. The third-order valence-corrected chi connectivity index (χ3v) is 4.30. The lowest BCUT2D eigenvalue weighted by molar-refractivity contribution is 0.0690. The molecule has 1 atom stereocenters. The van der Waals surface area contributed by atoms with E-state index in [1.54, 1.807) is 6.20 Å². The second kappa shape index (κ2) is 5.40. The van der Waals surface area contributed by atoms with Crippen molar-refractivity contribution in [1.29, 1.82) is 0 Å². The minimum absolute atomic E-state index is 0.0340. The van der Waals surface area contributed by atoms with E-state index in [-0.39, 0.29) is 11.7 Å². The number of hydrogen-bond acceptors (Lipinski definition) is 5. The van der Waals surface area contributed by atoms with Crippen LogP contribution in [-0.2, 0) is 7.05 Å². The number of hydrogen-bond donors (Lipinski definition) is 1. The number of nitrogens with zero attached hydrogens (tertiary/aromatic N) is 5. The van der Waals surface area contributed by atoms with Crippen molar-refractivity contribution >= 4 is 11.8 Å². The number of aromatic carboxylic acids is 1. The van der Waals surface area contributed by atoms with Crippen LogP contribution in [0.4, 0.5) is 5.82 Å². The SMILES string of the molecule is Cc1nn(C)c(C)c1C1CCCN1c1cnc(C(=O)O)cn1. The van der Waals surface area contributed by atoms with Crippen molar-refractivity contribution in [3.05, 3.63) is 35.0 Å². The molecule has 2 aromatic heterocycles. The molecule has 7 heteroatoms. The summed E-state index contributed by atoms with van der Waals surface area (Å²) in [6.07, 6.45) is 4.97. The van der Waals surface area contributed by atoms with Gasteiger partial charge in [-0.05, 0) is 26.7 Å². The minimum Gasteiger partial charge on any atom is -0.476 e. The average Bonchev–Trinajstić information content (AvgIpc) is 3.04. The zero-order valence-corrected chi connectivity index (χ0v) is 12.9. The molecule has 3 heterocycles. The Bertz CT molecular complexity index is 707. The summed E-state index contributed by atoms with van der Waals surface area (Å²) in [6.45, 7) is 4.99. The molecular formula is C15H19N5O2. The number of carboxylic acids is 1. The molecular weight excluding hydrogens is 282 g/mol. The number of aromatic nitrogens is 4. The lowest BCUT2D eigenvalue weighted by atomic mass is 10.0. The summed E-state index contributed by atoms with van der Waals surface area (Å²) in [5, 5.41) is 13.4. The van der Waals surface area contributed by atoms with Crippen LogP contribution in [0.2, 0.25) is 0 Å². The molecule has 22 heavy (non-hydrogen) atoms. The minimum atomic E-state index is -1.06. The van der Waals surface area contributed by atoms with Gasteiger partial charge in [-0.1, -0.05) is 0 Å². The topological polar surface area (TPSA) is 84.1 Å². The normalized spacial score (nSPS) is 18.0. The van der Waals surface area contributed by atoms with Crippen LogP contribution in [0.5, 0.6) is 0 Å². The molecule has 1 aliphatic heterocycles. The molecule has 1 fully saturated rings. The van der Waals surface area contributed by atoms with E-state index in [0.717, 1.165) is 36.6 Å². The Labute approximate surface area is 128 Å². The number of carboxylic acid groups (broad SMARTS) is 1. The average molecular weight is 301 g/mol. The number of rotatable bonds is 3. The lowest BCUT2D eigenvalue weighted by Crippen LogP contribution is -2.24. The highest BCUT2D eigenvalue weighted by atomic mass is 16.4. The Balaban J connectivity index is 1.94. The highest BCUT2D eigenvalue weighted by molar-refractivity contribution is 5.84. The van der Waals surface area contributed by atoms with Crippen molar-refractivity contribution in [3.63, 3.8) is 0 Å². The molecule has 1 aliphatic rings. The molecule has 3 rings (SSSR count). The Hall–Kier alpha value is -2.44. The zero-order chi connectivity index (χ0) is 15.9. The number of anilines is 1. The van der Waals surface area contributed by atoms with Gasteiger partial charge in [0.2, 0.25) is 0 Å². The van der Waals surface area contributed by atoms with Crippen LogP contribution in [0.15, 0.2) is 12.4 Å². The molecule has 0 radical (unpaired) electrons. The van der Waals surface area contributed by atoms with Crippen molar-refractivity contribution in [2.75, 3.05) is 11.4 Å². The van der Waals surface area contributed by atoms with E-state index in [1.165, 1.54) is 11.8 Å². The van der Waals surface area contributed by atoms with Gasteiger partial charge in [-0.3, -0.25) is 4.68 Å².